The Bertz CT molecular complexity index is 769. The van der Waals surface area contributed by atoms with Crippen molar-refractivity contribution in [1.29, 1.82) is 0 Å². The van der Waals surface area contributed by atoms with Gasteiger partial charge in [0, 0.05) is 12.3 Å². The third-order valence-electron chi connectivity index (χ3n) is 3.08. The van der Waals surface area contributed by atoms with E-state index in [-0.39, 0.29) is 11.7 Å². The number of thiophene rings is 1. The Balaban J connectivity index is 1.48. The maximum atomic E-state index is 12.9. The van der Waals surface area contributed by atoms with Gasteiger partial charge in [-0.1, -0.05) is 17.8 Å². The van der Waals surface area contributed by atoms with Crippen LogP contribution < -0.4 is 5.32 Å². The summed E-state index contributed by atoms with van der Waals surface area (Å²) < 4.78 is 12.9. The van der Waals surface area contributed by atoms with Crippen molar-refractivity contribution >= 4 is 29.0 Å². The third kappa shape index (κ3) is 4.20. The number of rotatable bonds is 6. The molecule has 0 aliphatic heterocycles. The Kier molecular flexibility index (Phi) is 5.09. The van der Waals surface area contributed by atoms with Crippen LogP contribution >= 0.6 is 23.1 Å². The van der Waals surface area contributed by atoms with Gasteiger partial charge in [0.05, 0.1) is 16.8 Å². The van der Waals surface area contributed by atoms with E-state index in [1.807, 2.05) is 11.4 Å². The van der Waals surface area contributed by atoms with Crippen molar-refractivity contribution in [2.45, 2.75) is 5.16 Å². The zero-order valence-electron chi connectivity index (χ0n) is 12.1. The second-order valence-electron chi connectivity index (χ2n) is 4.69. The normalized spacial score (nSPS) is 10.7. The molecule has 0 saturated carbocycles. The predicted octanol–water partition coefficient (Wildman–Crippen LogP) is 3.80. The molecule has 1 aromatic carbocycles. The Hall–Kier alpha value is -2.12. The molecule has 0 aliphatic carbocycles. The Labute approximate surface area is 141 Å². The molecule has 1 amide bonds. The second-order valence-corrected chi connectivity index (χ2v) is 6.72. The van der Waals surface area contributed by atoms with Crippen molar-refractivity contribution < 1.29 is 9.18 Å². The van der Waals surface area contributed by atoms with E-state index in [1.54, 1.807) is 24.4 Å². The minimum atomic E-state index is -0.260. The molecule has 0 atom stereocenters. The number of hydrogen-bond donors (Lipinski definition) is 2. The summed E-state index contributed by atoms with van der Waals surface area (Å²) in [6.45, 7) is 0.563. The SMILES string of the molecule is O=C(NCCSc1ncc(-c2ccc(F)cc2)[nH]1)c1cccs1. The minimum absolute atomic E-state index is 0.0490. The molecule has 4 nitrogen and oxygen atoms in total. The number of amides is 1. The van der Waals surface area contributed by atoms with Crippen LogP contribution in [0.3, 0.4) is 0 Å². The van der Waals surface area contributed by atoms with Crippen LogP contribution in [-0.4, -0.2) is 28.2 Å². The molecule has 0 fully saturated rings. The lowest BCUT2D eigenvalue weighted by Gasteiger charge is -2.02. The molecule has 2 N–H and O–H groups in total. The van der Waals surface area contributed by atoms with E-state index in [1.165, 1.54) is 35.2 Å². The van der Waals surface area contributed by atoms with Crippen molar-refractivity contribution in [3.63, 3.8) is 0 Å². The number of halogens is 1. The molecule has 0 saturated heterocycles. The molecule has 23 heavy (non-hydrogen) atoms. The lowest BCUT2D eigenvalue weighted by molar-refractivity contribution is 0.0960. The quantitative estimate of drug-likeness (QED) is 0.527. The number of nitrogens with one attached hydrogen (secondary N) is 2. The molecule has 3 aromatic rings. The van der Waals surface area contributed by atoms with Crippen molar-refractivity contribution in [1.82, 2.24) is 15.3 Å². The number of carbonyl (C=O) groups is 1. The van der Waals surface area contributed by atoms with Gasteiger partial charge >= 0.3 is 0 Å². The molecule has 0 unspecified atom stereocenters. The number of aromatic amines is 1. The smallest absolute Gasteiger partial charge is 0.261 e. The molecule has 0 aliphatic rings. The first kappa shape index (κ1) is 15.8. The summed E-state index contributed by atoms with van der Waals surface area (Å²) in [5.74, 6) is 0.407. The fraction of sp³-hybridized carbons (Fsp3) is 0.125. The highest BCUT2D eigenvalue weighted by molar-refractivity contribution is 7.99. The van der Waals surface area contributed by atoms with E-state index in [9.17, 15) is 9.18 Å². The molecule has 3 rings (SSSR count). The molecular weight excluding hydrogens is 333 g/mol. The summed E-state index contributed by atoms with van der Waals surface area (Å²) in [5, 5.41) is 5.52. The standard InChI is InChI=1S/C16H14FN3OS2/c17-12-5-3-11(4-6-12)13-10-19-16(20-13)23-9-7-18-15(21)14-2-1-8-22-14/h1-6,8,10H,7,9H2,(H,18,21)(H,19,20). The average molecular weight is 347 g/mol. The van der Waals surface area contributed by atoms with Crippen molar-refractivity contribution in [3.8, 4) is 11.3 Å². The molecular formula is C16H14FN3OS2. The largest absolute Gasteiger partial charge is 0.350 e. The van der Waals surface area contributed by atoms with E-state index in [0.29, 0.717) is 17.2 Å². The molecule has 0 bridgehead atoms. The van der Waals surface area contributed by atoms with Gasteiger partial charge in [-0.05, 0) is 41.3 Å². The number of benzene rings is 1. The fourth-order valence-corrected chi connectivity index (χ4v) is 3.31. The van der Waals surface area contributed by atoms with Crippen molar-refractivity contribution in [3.05, 3.63) is 58.7 Å². The van der Waals surface area contributed by atoms with Crippen molar-refractivity contribution in [2.75, 3.05) is 12.3 Å². The third-order valence-corrected chi connectivity index (χ3v) is 4.84. The topological polar surface area (TPSA) is 57.8 Å². The van der Waals surface area contributed by atoms with Gasteiger partial charge in [0.1, 0.15) is 5.82 Å². The molecule has 0 spiro atoms. The maximum absolute atomic E-state index is 12.9. The number of H-pyrrole nitrogens is 1. The van der Waals surface area contributed by atoms with Crippen LogP contribution in [0, 0.1) is 5.82 Å². The van der Waals surface area contributed by atoms with Gasteiger partial charge < -0.3 is 10.3 Å². The highest BCUT2D eigenvalue weighted by Gasteiger charge is 2.07. The van der Waals surface area contributed by atoms with Gasteiger partial charge in [-0.2, -0.15) is 0 Å². The number of hydrogen-bond acceptors (Lipinski definition) is 4. The first-order chi connectivity index (χ1) is 11.2. The number of nitrogens with zero attached hydrogens (tertiary/aromatic N) is 1. The number of carbonyl (C=O) groups excluding carboxylic acids is 1. The van der Waals surface area contributed by atoms with Crippen molar-refractivity contribution in [2.24, 2.45) is 0 Å². The molecule has 7 heteroatoms. The lowest BCUT2D eigenvalue weighted by atomic mass is 10.2. The Morgan fingerprint density at radius 1 is 1.30 bits per heavy atom. The van der Waals surface area contributed by atoms with Gasteiger partial charge in [0.2, 0.25) is 0 Å². The van der Waals surface area contributed by atoms with Crippen LogP contribution in [0.5, 0.6) is 0 Å². The van der Waals surface area contributed by atoms with Gasteiger partial charge in [0.15, 0.2) is 5.16 Å². The van der Waals surface area contributed by atoms with Crippen LogP contribution in [0.25, 0.3) is 11.3 Å². The van der Waals surface area contributed by atoms with Gasteiger partial charge in [0.25, 0.3) is 5.91 Å². The van der Waals surface area contributed by atoms with E-state index >= 15 is 0 Å². The Morgan fingerprint density at radius 2 is 2.13 bits per heavy atom. The predicted molar refractivity (Wildman–Crippen MR) is 91.4 cm³/mol. The van der Waals surface area contributed by atoms with Crippen LogP contribution in [-0.2, 0) is 0 Å². The highest BCUT2D eigenvalue weighted by atomic mass is 32.2. The van der Waals surface area contributed by atoms with E-state index in [4.69, 9.17) is 0 Å². The number of imidazole rings is 1. The molecule has 2 heterocycles. The summed E-state index contributed by atoms with van der Waals surface area (Å²) in [6.07, 6.45) is 1.72. The lowest BCUT2D eigenvalue weighted by Crippen LogP contribution is -2.24. The summed E-state index contributed by atoms with van der Waals surface area (Å²) in [5.41, 5.74) is 1.73. The van der Waals surface area contributed by atoms with Gasteiger partial charge in [-0.15, -0.1) is 11.3 Å². The van der Waals surface area contributed by atoms with Gasteiger partial charge in [-0.3, -0.25) is 4.79 Å². The van der Waals surface area contributed by atoms with E-state index < -0.39 is 0 Å². The number of thioether (sulfide) groups is 1. The minimum Gasteiger partial charge on any atom is -0.350 e. The van der Waals surface area contributed by atoms with Gasteiger partial charge in [-0.25, -0.2) is 9.37 Å². The summed E-state index contributed by atoms with van der Waals surface area (Å²) >= 11 is 2.95. The molecule has 0 radical (unpaired) electrons. The van der Waals surface area contributed by atoms with Crippen LogP contribution in [0.2, 0.25) is 0 Å². The summed E-state index contributed by atoms with van der Waals surface area (Å²) in [6, 6.07) is 9.91. The van der Waals surface area contributed by atoms with E-state index in [2.05, 4.69) is 15.3 Å². The highest BCUT2D eigenvalue weighted by Crippen LogP contribution is 2.21. The number of aromatic nitrogens is 2. The van der Waals surface area contributed by atoms with Crippen LogP contribution in [0.4, 0.5) is 4.39 Å². The van der Waals surface area contributed by atoms with Crippen LogP contribution in [0.1, 0.15) is 9.67 Å². The monoisotopic (exact) mass is 347 g/mol. The van der Waals surface area contributed by atoms with E-state index in [0.717, 1.165) is 16.4 Å². The molecule has 118 valence electrons. The first-order valence-corrected chi connectivity index (χ1v) is 8.84. The van der Waals surface area contributed by atoms with Crippen LogP contribution in [0.15, 0.2) is 53.1 Å². The first-order valence-electron chi connectivity index (χ1n) is 6.98. The Morgan fingerprint density at radius 3 is 2.87 bits per heavy atom. The summed E-state index contributed by atoms with van der Waals surface area (Å²) in [7, 11) is 0. The fourth-order valence-electron chi connectivity index (χ4n) is 1.96. The average Bonchev–Trinajstić information content (AvgIpc) is 3.24. The zero-order chi connectivity index (χ0) is 16.1. The maximum Gasteiger partial charge on any atom is 0.261 e. The summed E-state index contributed by atoms with van der Waals surface area (Å²) in [4.78, 5) is 20.0. The molecule has 2 aromatic heterocycles. The second kappa shape index (κ2) is 7.43. The zero-order valence-corrected chi connectivity index (χ0v) is 13.7.